The van der Waals surface area contributed by atoms with E-state index in [1.165, 1.54) is 12.1 Å². The van der Waals surface area contributed by atoms with Crippen molar-refractivity contribution in [1.29, 1.82) is 0 Å². The third-order valence-corrected chi connectivity index (χ3v) is 5.00. The van der Waals surface area contributed by atoms with Crippen molar-refractivity contribution >= 4 is 29.5 Å². The van der Waals surface area contributed by atoms with Crippen LogP contribution in [0.15, 0.2) is 54.6 Å². The number of carbonyl (C=O) groups is 1. The lowest BCUT2D eigenvalue weighted by molar-refractivity contribution is -0.206. The Hall–Kier alpha value is -3.23. The Morgan fingerprint density at radius 1 is 1.06 bits per heavy atom. The summed E-state index contributed by atoms with van der Waals surface area (Å²) < 4.78 is 33.0. The van der Waals surface area contributed by atoms with Gasteiger partial charge < -0.3 is 10.1 Å². The van der Waals surface area contributed by atoms with Crippen LogP contribution in [0.4, 0.5) is 20.2 Å². The predicted molar refractivity (Wildman–Crippen MR) is 114 cm³/mol. The molecule has 0 unspecified atom stereocenters. The third-order valence-electron chi connectivity index (χ3n) is 5.00. The van der Waals surface area contributed by atoms with Crippen molar-refractivity contribution in [2.75, 3.05) is 11.9 Å². The van der Waals surface area contributed by atoms with Crippen molar-refractivity contribution in [3.8, 4) is 5.75 Å². The molecule has 0 aromatic heterocycles. The molecule has 0 radical (unpaired) electrons. The second kappa shape index (κ2) is 8.87. The lowest BCUT2D eigenvalue weighted by Gasteiger charge is -2.11. The maximum Gasteiger partial charge on any atom is 0.369 e. The molecule has 4 rings (SSSR count). The average Bonchev–Trinajstić information content (AvgIpc) is 2.90. The molecule has 0 spiro atoms. The zero-order valence-corrected chi connectivity index (χ0v) is 17.1. The maximum absolute atomic E-state index is 14.0. The SMILES string of the molecule is CCOOB(C)c1ccc2c(c1)C(=O)c1ccc(Nc3ccc(F)cc3F)cc1OC2. The van der Waals surface area contributed by atoms with Gasteiger partial charge in [0.05, 0.1) is 17.9 Å². The Labute approximate surface area is 179 Å². The summed E-state index contributed by atoms with van der Waals surface area (Å²) in [6.07, 6.45) is 0. The quantitative estimate of drug-likeness (QED) is 0.356. The van der Waals surface area contributed by atoms with E-state index in [4.69, 9.17) is 14.4 Å². The molecule has 0 saturated heterocycles. The van der Waals surface area contributed by atoms with Crippen molar-refractivity contribution in [2.45, 2.75) is 20.4 Å². The van der Waals surface area contributed by atoms with E-state index in [0.29, 0.717) is 29.2 Å². The van der Waals surface area contributed by atoms with Crippen LogP contribution in [-0.2, 0) is 16.3 Å². The standard InChI is InChI=1S/C23H20BF2NO4/c1-3-30-31-24(2)15-5-4-14-13-29-22-12-17(7-8-18(22)23(28)19(14)10-15)27-21-9-6-16(25)11-20(21)26/h4-12,27H,3,13H2,1-2H3. The molecule has 8 heteroatoms. The van der Waals surface area contributed by atoms with Gasteiger partial charge in [0, 0.05) is 28.9 Å². The van der Waals surface area contributed by atoms with Crippen LogP contribution >= 0.6 is 0 Å². The number of carbonyl (C=O) groups excluding carboxylic acids is 1. The van der Waals surface area contributed by atoms with Crippen molar-refractivity contribution in [1.82, 2.24) is 0 Å². The van der Waals surface area contributed by atoms with Crippen LogP contribution in [0.2, 0.25) is 6.82 Å². The van der Waals surface area contributed by atoms with Gasteiger partial charge in [0.1, 0.15) is 24.0 Å². The predicted octanol–water partition coefficient (Wildman–Crippen LogP) is 4.63. The van der Waals surface area contributed by atoms with Gasteiger partial charge in [-0.1, -0.05) is 25.0 Å². The molecule has 0 bridgehead atoms. The lowest BCUT2D eigenvalue weighted by Crippen LogP contribution is -2.31. The van der Waals surface area contributed by atoms with Crippen molar-refractivity contribution in [2.24, 2.45) is 0 Å². The topological polar surface area (TPSA) is 56.8 Å². The van der Waals surface area contributed by atoms with Gasteiger partial charge in [-0.15, -0.1) is 0 Å². The fourth-order valence-corrected chi connectivity index (χ4v) is 3.36. The highest BCUT2D eigenvalue weighted by Crippen LogP contribution is 2.32. The van der Waals surface area contributed by atoms with Crippen LogP contribution in [-0.4, -0.2) is 19.3 Å². The number of ether oxygens (including phenoxy) is 1. The fourth-order valence-electron chi connectivity index (χ4n) is 3.36. The molecular weight excluding hydrogens is 403 g/mol. The zero-order chi connectivity index (χ0) is 22.0. The van der Waals surface area contributed by atoms with Crippen LogP contribution in [0.5, 0.6) is 5.75 Å². The van der Waals surface area contributed by atoms with Crippen LogP contribution in [0, 0.1) is 11.6 Å². The van der Waals surface area contributed by atoms with Gasteiger partial charge in [-0.05, 0) is 36.7 Å². The van der Waals surface area contributed by atoms with E-state index in [9.17, 15) is 13.6 Å². The number of anilines is 2. The average molecular weight is 423 g/mol. The van der Waals surface area contributed by atoms with E-state index in [1.54, 1.807) is 24.3 Å². The second-order valence-corrected chi connectivity index (χ2v) is 7.14. The molecule has 3 aromatic rings. The molecule has 1 heterocycles. The number of nitrogens with one attached hydrogen (secondary N) is 1. The molecule has 0 fully saturated rings. The maximum atomic E-state index is 14.0. The first-order valence-corrected chi connectivity index (χ1v) is 9.91. The van der Waals surface area contributed by atoms with E-state index in [0.717, 1.165) is 17.1 Å². The van der Waals surface area contributed by atoms with Crippen LogP contribution in [0.1, 0.15) is 28.4 Å². The Bertz CT molecular complexity index is 1140. The van der Waals surface area contributed by atoms with Crippen molar-refractivity contribution in [3.05, 3.63) is 82.9 Å². The minimum Gasteiger partial charge on any atom is -0.488 e. The number of benzene rings is 3. The first kappa shape index (κ1) is 21.0. The molecule has 0 aliphatic carbocycles. The summed E-state index contributed by atoms with van der Waals surface area (Å²) in [5.74, 6) is -1.16. The number of hydrogen-bond donors (Lipinski definition) is 1. The summed E-state index contributed by atoms with van der Waals surface area (Å²) in [6, 6.07) is 13.7. The minimum atomic E-state index is -0.713. The molecule has 158 valence electrons. The molecule has 31 heavy (non-hydrogen) atoms. The number of hydrogen-bond acceptors (Lipinski definition) is 5. The number of ketones is 1. The molecule has 3 aromatic carbocycles. The highest BCUT2D eigenvalue weighted by Gasteiger charge is 2.25. The van der Waals surface area contributed by atoms with Gasteiger partial charge in [-0.2, -0.15) is 0 Å². The van der Waals surface area contributed by atoms with Crippen LogP contribution in [0.3, 0.4) is 0 Å². The number of halogens is 2. The van der Waals surface area contributed by atoms with E-state index >= 15 is 0 Å². The largest absolute Gasteiger partial charge is 0.488 e. The number of rotatable bonds is 6. The second-order valence-electron chi connectivity index (χ2n) is 7.14. The van der Waals surface area contributed by atoms with Gasteiger partial charge in [-0.25, -0.2) is 8.78 Å². The van der Waals surface area contributed by atoms with Crippen LogP contribution < -0.4 is 15.5 Å². The van der Waals surface area contributed by atoms with E-state index in [-0.39, 0.29) is 25.0 Å². The van der Waals surface area contributed by atoms with Gasteiger partial charge in [0.25, 0.3) is 0 Å². The molecule has 0 saturated carbocycles. The smallest absolute Gasteiger partial charge is 0.369 e. The van der Waals surface area contributed by atoms with Gasteiger partial charge in [0.2, 0.25) is 0 Å². The van der Waals surface area contributed by atoms with Gasteiger partial charge in [-0.3, -0.25) is 14.5 Å². The van der Waals surface area contributed by atoms with E-state index in [1.807, 2.05) is 25.9 Å². The van der Waals surface area contributed by atoms with E-state index < -0.39 is 11.6 Å². The highest BCUT2D eigenvalue weighted by molar-refractivity contribution is 6.66. The van der Waals surface area contributed by atoms with E-state index in [2.05, 4.69) is 5.32 Å². The summed E-state index contributed by atoms with van der Waals surface area (Å²) in [5.41, 5.74) is 3.15. The molecule has 1 aliphatic rings. The first-order valence-electron chi connectivity index (χ1n) is 9.91. The minimum absolute atomic E-state index is 0.123. The summed E-state index contributed by atoms with van der Waals surface area (Å²) in [7, 11) is 0. The number of fused-ring (bicyclic) bond motifs is 2. The zero-order valence-electron chi connectivity index (χ0n) is 17.1. The highest BCUT2D eigenvalue weighted by atomic mass is 19.1. The summed E-state index contributed by atoms with van der Waals surface area (Å²) in [4.78, 5) is 23.5. The molecule has 0 amide bonds. The molecule has 1 aliphatic heterocycles. The molecular formula is C23H20BF2NO4. The summed E-state index contributed by atoms with van der Waals surface area (Å²) in [6.45, 7) is 3.97. The monoisotopic (exact) mass is 423 g/mol. The third kappa shape index (κ3) is 4.45. The van der Waals surface area contributed by atoms with Gasteiger partial charge in [0.15, 0.2) is 5.78 Å². The molecule has 5 nitrogen and oxygen atoms in total. The van der Waals surface area contributed by atoms with Gasteiger partial charge >= 0.3 is 6.92 Å². The Kier molecular flexibility index (Phi) is 6.02. The Morgan fingerprint density at radius 2 is 1.90 bits per heavy atom. The fraction of sp³-hybridized carbons (Fsp3) is 0.174. The first-order chi connectivity index (χ1) is 15.0. The Morgan fingerprint density at radius 3 is 2.68 bits per heavy atom. The van der Waals surface area contributed by atoms with Crippen molar-refractivity contribution < 1.29 is 28.0 Å². The van der Waals surface area contributed by atoms with Crippen LogP contribution in [0.25, 0.3) is 0 Å². The lowest BCUT2D eigenvalue weighted by atomic mass is 9.63. The van der Waals surface area contributed by atoms with Crippen molar-refractivity contribution in [3.63, 3.8) is 0 Å². The molecule has 1 N–H and O–H groups in total. The summed E-state index contributed by atoms with van der Waals surface area (Å²) in [5, 5.41) is 2.89. The normalized spacial score (nSPS) is 12.5. The summed E-state index contributed by atoms with van der Waals surface area (Å²) >= 11 is 0. The Balaban J connectivity index is 1.61. The molecule has 0 atom stereocenters.